The molecule has 0 atom stereocenters. The molecule has 0 saturated carbocycles. The number of ether oxygens (including phenoxy) is 1. The molecule has 34 heavy (non-hydrogen) atoms. The summed E-state index contributed by atoms with van der Waals surface area (Å²) in [5.74, 6) is 1.18. The van der Waals surface area contributed by atoms with Crippen molar-refractivity contribution in [3.05, 3.63) is 89.2 Å². The lowest BCUT2D eigenvalue weighted by molar-refractivity contribution is 0.414. The van der Waals surface area contributed by atoms with Crippen LogP contribution in [0.5, 0.6) is 5.75 Å². The van der Waals surface area contributed by atoms with Gasteiger partial charge in [0.25, 0.3) is 5.56 Å². The van der Waals surface area contributed by atoms with Crippen LogP contribution < -0.4 is 10.3 Å². The number of aromatic nitrogens is 4. The zero-order chi connectivity index (χ0) is 23.7. The van der Waals surface area contributed by atoms with Gasteiger partial charge in [-0.2, -0.15) is 0 Å². The summed E-state index contributed by atoms with van der Waals surface area (Å²) in [6, 6.07) is 22.7. The number of hydrogen-bond acceptors (Lipinski definition) is 7. The maximum Gasteiger partial charge on any atom is 0.267 e. The van der Waals surface area contributed by atoms with Crippen molar-refractivity contribution in [2.45, 2.75) is 10.1 Å². The average molecular weight is 493 g/mol. The summed E-state index contributed by atoms with van der Waals surface area (Å²) >= 11 is 1.28. The average Bonchev–Trinajstić information content (AvgIpc) is 3.28. The minimum atomic E-state index is -3.42. The lowest BCUT2D eigenvalue weighted by atomic mass is 10.2. The van der Waals surface area contributed by atoms with Gasteiger partial charge in [-0.05, 0) is 36.4 Å². The highest BCUT2D eigenvalue weighted by Crippen LogP contribution is 2.25. The van der Waals surface area contributed by atoms with Gasteiger partial charge in [0.05, 0.1) is 34.3 Å². The van der Waals surface area contributed by atoms with E-state index in [1.165, 1.54) is 16.3 Å². The number of para-hydroxylation sites is 1. The standard InChI is InChI=1S/C24H20N4O4S2/c1-32-18-9-7-8-17(16-18)27-22(29)20-12-5-6-13-21(20)28-23(27)25-26-24(28)33-14-15-34(30,31)19-10-3-2-4-11-19/h2-13,16H,14-15H2,1H3. The Kier molecular flexibility index (Phi) is 5.84. The molecule has 0 aliphatic heterocycles. The highest BCUT2D eigenvalue weighted by atomic mass is 32.2. The number of hydrogen-bond donors (Lipinski definition) is 0. The molecule has 0 saturated heterocycles. The third kappa shape index (κ3) is 3.95. The van der Waals surface area contributed by atoms with Crippen LogP contribution in [0.2, 0.25) is 0 Å². The summed E-state index contributed by atoms with van der Waals surface area (Å²) in [6.07, 6.45) is 0. The Balaban J connectivity index is 1.58. The Bertz CT molecular complexity index is 1660. The predicted molar refractivity (Wildman–Crippen MR) is 132 cm³/mol. The second-order valence-electron chi connectivity index (χ2n) is 7.46. The summed E-state index contributed by atoms with van der Waals surface area (Å²) < 4.78 is 33.9. The molecule has 0 fully saturated rings. The van der Waals surface area contributed by atoms with Gasteiger partial charge in [-0.3, -0.25) is 9.20 Å². The summed E-state index contributed by atoms with van der Waals surface area (Å²) in [7, 11) is -1.86. The van der Waals surface area contributed by atoms with E-state index in [1.807, 2.05) is 12.1 Å². The smallest absolute Gasteiger partial charge is 0.267 e. The highest BCUT2D eigenvalue weighted by molar-refractivity contribution is 8.00. The largest absolute Gasteiger partial charge is 0.497 e. The summed E-state index contributed by atoms with van der Waals surface area (Å²) in [5, 5.41) is 9.60. The van der Waals surface area contributed by atoms with E-state index < -0.39 is 9.84 Å². The van der Waals surface area contributed by atoms with Crippen molar-refractivity contribution < 1.29 is 13.2 Å². The molecule has 0 unspecified atom stereocenters. The van der Waals surface area contributed by atoms with E-state index in [9.17, 15) is 13.2 Å². The lowest BCUT2D eigenvalue weighted by Gasteiger charge is -2.12. The van der Waals surface area contributed by atoms with Crippen LogP contribution in [0, 0.1) is 0 Å². The molecule has 0 radical (unpaired) electrons. The molecule has 5 aromatic rings. The zero-order valence-corrected chi connectivity index (χ0v) is 19.8. The van der Waals surface area contributed by atoms with Gasteiger partial charge in [-0.15, -0.1) is 10.2 Å². The van der Waals surface area contributed by atoms with Crippen LogP contribution in [-0.4, -0.2) is 46.2 Å². The molecule has 3 aromatic carbocycles. The van der Waals surface area contributed by atoms with Crippen molar-refractivity contribution in [2.24, 2.45) is 0 Å². The third-order valence-electron chi connectivity index (χ3n) is 5.39. The van der Waals surface area contributed by atoms with E-state index in [2.05, 4.69) is 10.2 Å². The van der Waals surface area contributed by atoms with Crippen molar-refractivity contribution in [1.82, 2.24) is 19.2 Å². The molecule has 172 valence electrons. The first kappa shape index (κ1) is 22.2. The van der Waals surface area contributed by atoms with E-state index in [1.54, 1.807) is 78.2 Å². The van der Waals surface area contributed by atoms with Crippen molar-refractivity contribution in [3.63, 3.8) is 0 Å². The lowest BCUT2D eigenvalue weighted by Crippen LogP contribution is -2.22. The number of methoxy groups -OCH3 is 1. The molecule has 0 bridgehead atoms. The van der Waals surface area contributed by atoms with Gasteiger partial charge in [0.2, 0.25) is 5.78 Å². The van der Waals surface area contributed by atoms with E-state index in [4.69, 9.17) is 4.74 Å². The second-order valence-corrected chi connectivity index (χ2v) is 10.6. The Morgan fingerprint density at radius 1 is 0.941 bits per heavy atom. The second kappa shape index (κ2) is 8.96. The number of fused-ring (bicyclic) bond motifs is 3. The van der Waals surface area contributed by atoms with E-state index >= 15 is 0 Å². The summed E-state index contributed by atoms with van der Waals surface area (Å²) in [4.78, 5) is 13.7. The van der Waals surface area contributed by atoms with Crippen LogP contribution in [0.3, 0.4) is 0 Å². The monoisotopic (exact) mass is 492 g/mol. The van der Waals surface area contributed by atoms with E-state index in [0.717, 1.165) is 0 Å². The number of nitrogens with zero attached hydrogens (tertiary/aromatic N) is 4. The minimum Gasteiger partial charge on any atom is -0.497 e. The molecular weight excluding hydrogens is 472 g/mol. The quantitative estimate of drug-likeness (QED) is 0.320. The first-order valence-electron chi connectivity index (χ1n) is 10.4. The topological polar surface area (TPSA) is 95.6 Å². The Hall–Kier alpha value is -3.63. The van der Waals surface area contributed by atoms with Crippen LogP contribution in [0.4, 0.5) is 0 Å². The molecule has 0 N–H and O–H groups in total. The maximum atomic E-state index is 13.4. The van der Waals surface area contributed by atoms with Gasteiger partial charge in [0, 0.05) is 11.8 Å². The molecule has 0 aliphatic carbocycles. The number of thioether (sulfide) groups is 1. The molecule has 5 rings (SSSR count). The van der Waals surface area contributed by atoms with Crippen LogP contribution in [0.1, 0.15) is 0 Å². The number of benzene rings is 3. The Morgan fingerprint density at radius 3 is 2.50 bits per heavy atom. The van der Waals surface area contributed by atoms with Gasteiger partial charge in [-0.25, -0.2) is 13.0 Å². The fourth-order valence-corrected chi connectivity index (χ4v) is 6.35. The summed E-state index contributed by atoms with van der Waals surface area (Å²) in [6.45, 7) is 0. The van der Waals surface area contributed by atoms with Gasteiger partial charge in [0.15, 0.2) is 15.0 Å². The zero-order valence-electron chi connectivity index (χ0n) is 18.2. The molecule has 8 nitrogen and oxygen atoms in total. The predicted octanol–water partition coefficient (Wildman–Crippen LogP) is 3.61. The number of sulfone groups is 1. The molecule has 0 amide bonds. The van der Waals surface area contributed by atoms with Crippen LogP contribution >= 0.6 is 11.8 Å². The molecular formula is C24H20N4O4S2. The van der Waals surface area contributed by atoms with Gasteiger partial charge in [0.1, 0.15) is 5.75 Å². The van der Waals surface area contributed by atoms with Crippen LogP contribution in [-0.2, 0) is 9.84 Å². The fourth-order valence-electron chi connectivity index (χ4n) is 3.74. The first-order chi connectivity index (χ1) is 16.5. The number of rotatable bonds is 7. The maximum absolute atomic E-state index is 13.4. The molecule has 0 spiro atoms. The molecule has 2 aromatic heterocycles. The third-order valence-corrected chi connectivity index (χ3v) is 8.31. The summed E-state index contributed by atoms with van der Waals surface area (Å²) in [5.41, 5.74) is 1.02. The van der Waals surface area contributed by atoms with Crippen molar-refractivity contribution in [2.75, 3.05) is 18.6 Å². The van der Waals surface area contributed by atoms with Gasteiger partial charge < -0.3 is 4.74 Å². The SMILES string of the molecule is COc1cccc(-n2c(=O)c3ccccc3n3c(SCCS(=O)(=O)c4ccccc4)nnc23)c1. The minimum absolute atomic E-state index is 0.0515. The first-order valence-corrected chi connectivity index (χ1v) is 13.1. The normalized spacial score (nSPS) is 11.8. The Labute approximate surface area is 199 Å². The van der Waals surface area contributed by atoms with Crippen molar-refractivity contribution in [3.8, 4) is 11.4 Å². The molecule has 0 aliphatic rings. The Morgan fingerprint density at radius 2 is 1.71 bits per heavy atom. The fraction of sp³-hybridized carbons (Fsp3) is 0.125. The van der Waals surface area contributed by atoms with Crippen molar-refractivity contribution >= 4 is 38.3 Å². The molecule has 10 heteroatoms. The molecule has 2 heterocycles. The van der Waals surface area contributed by atoms with E-state index in [0.29, 0.717) is 38.2 Å². The van der Waals surface area contributed by atoms with Gasteiger partial charge in [-0.1, -0.05) is 48.2 Å². The van der Waals surface area contributed by atoms with E-state index in [-0.39, 0.29) is 17.1 Å². The highest BCUT2D eigenvalue weighted by Gasteiger charge is 2.19. The van der Waals surface area contributed by atoms with Crippen LogP contribution in [0.15, 0.2) is 93.7 Å². The van der Waals surface area contributed by atoms with Gasteiger partial charge >= 0.3 is 0 Å². The van der Waals surface area contributed by atoms with Crippen molar-refractivity contribution in [1.29, 1.82) is 0 Å². The van der Waals surface area contributed by atoms with Crippen LogP contribution in [0.25, 0.3) is 22.4 Å².